The molecule has 0 aliphatic carbocycles. The lowest BCUT2D eigenvalue weighted by molar-refractivity contribution is -0.140. The first-order valence-corrected chi connectivity index (χ1v) is 10.7. The molecule has 1 N–H and O–H groups in total. The maximum atomic E-state index is 13.2. The third-order valence-electron chi connectivity index (χ3n) is 5.61. The molecule has 3 atom stereocenters. The highest BCUT2D eigenvalue weighted by molar-refractivity contribution is 5.94. The molecule has 0 radical (unpaired) electrons. The second-order valence-corrected chi connectivity index (χ2v) is 8.53. The highest BCUT2D eigenvalue weighted by atomic mass is 16.2. The van der Waals surface area contributed by atoms with Crippen LogP contribution in [-0.4, -0.2) is 59.2 Å². The molecule has 1 aliphatic heterocycles. The minimum Gasteiger partial charge on any atom is -0.344 e. The summed E-state index contributed by atoms with van der Waals surface area (Å²) in [6, 6.07) is 8.63. The van der Waals surface area contributed by atoms with E-state index < -0.39 is 6.04 Å². The minimum atomic E-state index is -0.519. The van der Waals surface area contributed by atoms with Gasteiger partial charge in [-0.25, -0.2) is 0 Å². The van der Waals surface area contributed by atoms with Crippen LogP contribution in [0.5, 0.6) is 0 Å². The Morgan fingerprint density at radius 2 is 1.76 bits per heavy atom. The van der Waals surface area contributed by atoms with Gasteiger partial charge in [-0.1, -0.05) is 52.3 Å². The van der Waals surface area contributed by atoms with Gasteiger partial charge in [0.2, 0.25) is 11.8 Å². The molecule has 1 aromatic rings. The van der Waals surface area contributed by atoms with E-state index in [0.29, 0.717) is 31.6 Å². The van der Waals surface area contributed by atoms with Gasteiger partial charge in [0.05, 0.1) is 0 Å². The van der Waals surface area contributed by atoms with Gasteiger partial charge in [0.1, 0.15) is 6.04 Å². The lowest BCUT2D eigenvalue weighted by Crippen LogP contribution is -2.60. The lowest BCUT2D eigenvalue weighted by Gasteiger charge is -2.41. The molecular weight excluding hydrogens is 366 g/mol. The van der Waals surface area contributed by atoms with Crippen molar-refractivity contribution in [2.75, 3.05) is 19.6 Å². The highest BCUT2D eigenvalue weighted by Gasteiger charge is 2.35. The fourth-order valence-electron chi connectivity index (χ4n) is 3.69. The molecule has 1 aromatic carbocycles. The number of nitrogens with zero attached hydrogens (tertiary/aromatic N) is 2. The van der Waals surface area contributed by atoms with E-state index in [2.05, 4.69) is 5.32 Å². The van der Waals surface area contributed by atoms with Crippen LogP contribution in [0.4, 0.5) is 0 Å². The highest BCUT2D eigenvalue weighted by Crippen LogP contribution is 2.18. The number of nitrogens with one attached hydrogen (secondary N) is 1. The van der Waals surface area contributed by atoms with Crippen LogP contribution in [0.3, 0.4) is 0 Å². The van der Waals surface area contributed by atoms with Crippen molar-refractivity contribution < 1.29 is 14.4 Å². The van der Waals surface area contributed by atoms with Crippen molar-refractivity contribution in [2.45, 2.75) is 59.5 Å². The van der Waals surface area contributed by atoms with Crippen molar-refractivity contribution in [3.8, 4) is 0 Å². The van der Waals surface area contributed by atoms with E-state index in [1.165, 1.54) is 0 Å². The Bertz CT molecular complexity index is 705. The predicted octanol–water partition coefficient (Wildman–Crippen LogP) is 2.94. The number of carbonyl (C=O) groups excluding carboxylic acids is 3. The molecule has 6 nitrogen and oxygen atoms in total. The number of amides is 3. The fraction of sp³-hybridized carbons (Fsp3) is 0.609. The molecule has 1 aliphatic rings. The Labute approximate surface area is 174 Å². The van der Waals surface area contributed by atoms with Gasteiger partial charge in [0, 0.05) is 37.7 Å². The average Bonchev–Trinajstić information content (AvgIpc) is 2.70. The zero-order valence-corrected chi connectivity index (χ0v) is 18.4. The molecule has 0 spiro atoms. The van der Waals surface area contributed by atoms with Crippen LogP contribution in [0.2, 0.25) is 0 Å². The predicted molar refractivity (Wildman–Crippen MR) is 114 cm³/mol. The van der Waals surface area contributed by atoms with Gasteiger partial charge in [0.25, 0.3) is 5.91 Å². The average molecular weight is 402 g/mol. The number of piperazine rings is 1. The fourth-order valence-corrected chi connectivity index (χ4v) is 3.69. The molecule has 1 heterocycles. The van der Waals surface area contributed by atoms with Gasteiger partial charge in [0.15, 0.2) is 0 Å². The van der Waals surface area contributed by atoms with Gasteiger partial charge < -0.3 is 15.1 Å². The van der Waals surface area contributed by atoms with Crippen molar-refractivity contribution in [3.63, 3.8) is 0 Å². The molecule has 0 aromatic heterocycles. The lowest BCUT2D eigenvalue weighted by atomic mass is 9.96. The van der Waals surface area contributed by atoms with Gasteiger partial charge >= 0.3 is 0 Å². The first-order chi connectivity index (χ1) is 13.7. The van der Waals surface area contributed by atoms with Gasteiger partial charge in [-0.2, -0.15) is 0 Å². The second-order valence-electron chi connectivity index (χ2n) is 8.53. The molecule has 3 amide bonds. The van der Waals surface area contributed by atoms with Crippen molar-refractivity contribution in [1.82, 2.24) is 15.1 Å². The summed E-state index contributed by atoms with van der Waals surface area (Å²) < 4.78 is 0. The Balaban J connectivity index is 2.04. The molecule has 1 saturated heterocycles. The first kappa shape index (κ1) is 22.9. The van der Waals surface area contributed by atoms with E-state index in [4.69, 9.17) is 0 Å². The minimum absolute atomic E-state index is 0.00564. The summed E-state index contributed by atoms with van der Waals surface area (Å²) in [5.74, 6) is 0.168. The largest absolute Gasteiger partial charge is 0.344 e. The summed E-state index contributed by atoms with van der Waals surface area (Å²) in [5.41, 5.74) is 0.664. The zero-order valence-electron chi connectivity index (χ0n) is 18.4. The van der Waals surface area contributed by atoms with Crippen molar-refractivity contribution in [2.24, 2.45) is 11.8 Å². The summed E-state index contributed by atoms with van der Waals surface area (Å²) >= 11 is 0. The molecule has 0 saturated carbocycles. The maximum Gasteiger partial charge on any atom is 0.254 e. The van der Waals surface area contributed by atoms with Gasteiger partial charge in [-0.05, 0) is 30.9 Å². The molecule has 6 heteroatoms. The standard InChI is InChI=1S/C23H35N3O3/c1-6-17(4)21(24-20(27)14-16(2)3)23(29)25-12-13-26(18(5)15-25)22(28)19-10-8-7-9-11-19/h7-11,16-18,21H,6,12-15H2,1-5H3,(H,24,27). The number of carbonyl (C=O) groups is 3. The Morgan fingerprint density at radius 3 is 2.31 bits per heavy atom. The Kier molecular flexibility index (Phi) is 8.23. The van der Waals surface area contributed by atoms with Crippen LogP contribution in [0, 0.1) is 11.8 Å². The zero-order chi connectivity index (χ0) is 21.6. The molecule has 29 heavy (non-hydrogen) atoms. The van der Waals surface area contributed by atoms with Crippen molar-refractivity contribution >= 4 is 17.7 Å². The van der Waals surface area contributed by atoms with Crippen LogP contribution in [0.25, 0.3) is 0 Å². The third-order valence-corrected chi connectivity index (χ3v) is 5.61. The van der Waals surface area contributed by atoms with Crippen LogP contribution >= 0.6 is 0 Å². The van der Waals surface area contributed by atoms with E-state index in [9.17, 15) is 14.4 Å². The number of rotatable bonds is 7. The molecule has 1 fully saturated rings. The molecule has 0 bridgehead atoms. The molecule has 160 valence electrons. The third kappa shape index (κ3) is 6.05. The molecule has 2 rings (SSSR count). The maximum absolute atomic E-state index is 13.2. The van der Waals surface area contributed by atoms with E-state index >= 15 is 0 Å². The molecular formula is C23H35N3O3. The Hall–Kier alpha value is -2.37. The van der Waals surface area contributed by atoms with Crippen LogP contribution < -0.4 is 5.32 Å². The molecule has 3 unspecified atom stereocenters. The van der Waals surface area contributed by atoms with Crippen molar-refractivity contribution in [3.05, 3.63) is 35.9 Å². The van der Waals surface area contributed by atoms with Crippen molar-refractivity contribution in [1.29, 1.82) is 0 Å². The Morgan fingerprint density at radius 1 is 1.10 bits per heavy atom. The smallest absolute Gasteiger partial charge is 0.254 e. The monoisotopic (exact) mass is 401 g/mol. The summed E-state index contributed by atoms with van der Waals surface area (Å²) in [6.45, 7) is 11.4. The number of hydrogen-bond acceptors (Lipinski definition) is 3. The van der Waals surface area contributed by atoms with E-state index in [1.807, 2.05) is 69.9 Å². The SMILES string of the molecule is CCC(C)C(NC(=O)CC(C)C)C(=O)N1CCN(C(=O)c2ccccc2)C(C)C1. The van der Waals surface area contributed by atoms with Gasteiger partial charge in [-0.3, -0.25) is 14.4 Å². The summed E-state index contributed by atoms with van der Waals surface area (Å²) in [6.07, 6.45) is 1.22. The first-order valence-electron chi connectivity index (χ1n) is 10.7. The van der Waals surface area contributed by atoms with E-state index in [0.717, 1.165) is 6.42 Å². The van der Waals surface area contributed by atoms with Crippen LogP contribution in [0.15, 0.2) is 30.3 Å². The number of benzene rings is 1. The second kappa shape index (κ2) is 10.4. The quantitative estimate of drug-likeness (QED) is 0.764. The summed E-state index contributed by atoms with van der Waals surface area (Å²) in [4.78, 5) is 41.9. The normalized spacial score (nSPS) is 19.0. The number of hydrogen-bond donors (Lipinski definition) is 1. The topological polar surface area (TPSA) is 69.7 Å². The van der Waals surface area contributed by atoms with Gasteiger partial charge in [-0.15, -0.1) is 0 Å². The summed E-state index contributed by atoms with van der Waals surface area (Å²) in [7, 11) is 0. The van der Waals surface area contributed by atoms with E-state index in [-0.39, 0.29) is 35.6 Å². The van der Waals surface area contributed by atoms with Crippen LogP contribution in [0.1, 0.15) is 57.8 Å². The summed E-state index contributed by atoms with van der Waals surface area (Å²) in [5, 5.41) is 2.96. The van der Waals surface area contributed by atoms with E-state index in [1.54, 1.807) is 4.90 Å². The van der Waals surface area contributed by atoms with Crippen LogP contribution in [-0.2, 0) is 9.59 Å².